The van der Waals surface area contributed by atoms with Crippen LogP contribution in [0, 0.1) is 5.82 Å². The van der Waals surface area contributed by atoms with Crippen molar-refractivity contribution in [3.63, 3.8) is 0 Å². The van der Waals surface area contributed by atoms with E-state index in [9.17, 15) is 23.9 Å². The fourth-order valence-corrected chi connectivity index (χ4v) is 3.47. The van der Waals surface area contributed by atoms with E-state index in [0.717, 1.165) is 0 Å². The molecule has 1 aromatic carbocycles. The van der Waals surface area contributed by atoms with Gasteiger partial charge in [0.25, 0.3) is 0 Å². The molecule has 0 radical (unpaired) electrons. The quantitative estimate of drug-likeness (QED) is 0.477. The first-order valence-corrected chi connectivity index (χ1v) is 11.6. The van der Waals surface area contributed by atoms with Crippen LogP contribution in [-0.2, 0) is 19.0 Å². The van der Waals surface area contributed by atoms with Crippen LogP contribution in [0.4, 0.5) is 14.0 Å². The molecule has 1 heterocycles. The van der Waals surface area contributed by atoms with Crippen molar-refractivity contribution in [2.45, 2.75) is 103 Å². The zero-order chi connectivity index (χ0) is 26.6. The van der Waals surface area contributed by atoms with Crippen molar-refractivity contribution in [2.75, 3.05) is 0 Å². The van der Waals surface area contributed by atoms with Gasteiger partial charge in [0.1, 0.15) is 34.9 Å². The summed E-state index contributed by atoms with van der Waals surface area (Å²) >= 11 is 0. The van der Waals surface area contributed by atoms with Gasteiger partial charge in [0.15, 0.2) is 6.10 Å². The molecule has 0 saturated carbocycles. The average molecular weight is 498 g/mol. The minimum Gasteiger partial charge on any atom is -0.484 e. The number of rotatable bonds is 3. The molecular formula is C25H36FNO8. The van der Waals surface area contributed by atoms with Gasteiger partial charge in [-0.2, -0.15) is 4.90 Å². The Morgan fingerprint density at radius 2 is 1.51 bits per heavy atom. The number of hydrogen-bond donors (Lipinski definition) is 1. The van der Waals surface area contributed by atoms with Gasteiger partial charge in [0, 0.05) is 0 Å². The predicted molar refractivity (Wildman–Crippen MR) is 124 cm³/mol. The molecule has 2 amide bonds. The summed E-state index contributed by atoms with van der Waals surface area (Å²) in [5.74, 6) is -1.02. The van der Waals surface area contributed by atoms with Gasteiger partial charge in [0.2, 0.25) is 0 Å². The molecule has 0 aliphatic carbocycles. The van der Waals surface area contributed by atoms with Gasteiger partial charge < -0.3 is 24.1 Å². The van der Waals surface area contributed by atoms with Gasteiger partial charge in [-0.1, -0.05) is 0 Å². The van der Waals surface area contributed by atoms with Crippen molar-refractivity contribution >= 4 is 18.2 Å². The van der Waals surface area contributed by atoms with Crippen LogP contribution in [-0.4, -0.2) is 63.7 Å². The first-order chi connectivity index (χ1) is 16.1. The molecule has 10 heteroatoms. The maximum Gasteiger partial charge on any atom is 0.420 e. The monoisotopic (exact) mass is 497 g/mol. The zero-order valence-corrected chi connectivity index (χ0v) is 21.4. The number of aliphatic hydroxyl groups is 1. The van der Waals surface area contributed by atoms with E-state index in [-0.39, 0.29) is 19.3 Å². The third kappa shape index (κ3) is 8.69. The number of hydrogen-bond acceptors (Lipinski definition) is 8. The Balaban J connectivity index is 2.32. The first kappa shape index (κ1) is 28.4. The topological polar surface area (TPSA) is 112 Å². The SMILES string of the molecule is CC1OC(=O)C(N(C(=O)OC(C)(C)C)C(=O)OC(C)(C)C)CCCC(O)C1Oc1ccc(F)cc1. The minimum atomic E-state index is -1.33. The van der Waals surface area contributed by atoms with E-state index < -0.39 is 59.5 Å². The summed E-state index contributed by atoms with van der Waals surface area (Å²) in [5.41, 5.74) is -1.87. The van der Waals surface area contributed by atoms with Crippen molar-refractivity contribution in [3.8, 4) is 5.75 Å². The van der Waals surface area contributed by atoms with E-state index in [2.05, 4.69) is 0 Å². The molecule has 1 fully saturated rings. The number of halogens is 1. The predicted octanol–water partition coefficient (Wildman–Crippen LogP) is 4.59. The highest BCUT2D eigenvalue weighted by molar-refractivity contribution is 5.94. The molecule has 1 aliphatic rings. The number of amides is 2. The standard InChI is InChI=1S/C25H36FNO8/c1-15-20(33-17-13-11-16(26)12-14-17)19(28)10-8-9-18(21(29)32-15)27(22(30)34-24(2,3)4)23(31)35-25(5,6)7/h11-15,18-20,28H,8-10H2,1-7H3. The van der Waals surface area contributed by atoms with Crippen LogP contribution >= 0.6 is 0 Å². The van der Waals surface area contributed by atoms with E-state index in [1.54, 1.807) is 41.5 Å². The third-order valence-corrected chi connectivity index (χ3v) is 4.97. The molecular weight excluding hydrogens is 461 g/mol. The van der Waals surface area contributed by atoms with Crippen LogP contribution in [0.25, 0.3) is 0 Å². The average Bonchev–Trinajstić information content (AvgIpc) is 2.73. The van der Waals surface area contributed by atoms with Crippen LogP contribution in [0.15, 0.2) is 24.3 Å². The van der Waals surface area contributed by atoms with Gasteiger partial charge in [-0.15, -0.1) is 0 Å². The highest BCUT2D eigenvalue weighted by atomic mass is 19.1. The van der Waals surface area contributed by atoms with Gasteiger partial charge in [0.05, 0.1) is 6.10 Å². The second-order valence-corrected chi connectivity index (χ2v) is 10.5. The van der Waals surface area contributed by atoms with E-state index in [0.29, 0.717) is 10.6 Å². The van der Waals surface area contributed by atoms with Gasteiger partial charge in [-0.3, -0.25) is 0 Å². The molecule has 4 atom stereocenters. The van der Waals surface area contributed by atoms with Gasteiger partial charge in [-0.25, -0.2) is 18.8 Å². The molecule has 1 aliphatic heterocycles. The highest BCUT2D eigenvalue weighted by Gasteiger charge is 2.43. The lowest BCUT2D eigenvalue weighted by Crippen LogP contribution is -2.53. The number of ether oxygens (including phenoxy) is 4. The van der Waals surface area contributed by atoms with Crippen LogP contribution in [0.3, 0.4) is 0 Å². The molecule has 9 nitrogen and oxygen atoms in total. The van der Waals surface area contributed by atoms with Crippen molar-refractivity contribution in [3.05, 3.63) is 30.1 Å². The Morgan fingerprint density at radius 3 is 2.00 bits per heavy atom. The maximum atomic E-state index is 13.2. The number of carbonyl (C=O) groups excluding carboxylic acids is 3. The largest absolute Gasteiger partial charge is 0.484 e. The van der Waals surface area contributed by atoms with Gasteiger partial charge >= 0.3 is 18.2 Å². The van der Waals surface area contributed by atoms with Gasteiger partial charge in [-0.05, 0) is 92.0 Å². The number of aliphatic hydroxyl groups excluding tert-OH is 1. The van der Waals surface area contributed by atoms with E-state index in [4.69, 9.17) is 18.9 Å². The number of nitrogens with zero attached hydrogens (tertiary/aromatic N) is 1. The summed E-state index contributed by atoms with van der Waals surface area (Å²) in [5, 5.41) is 10.7. The number of esters is 1. The zero-order valence-electron chi connectivity index (χ0n) is 21.4. The molecule has 35 heavy (non-hydrogen) atoms. The van der Waals surface area contributed by atoms with Crippen LogP contribution in [0.2, 0.25) is 0 Å². The van der Waals surface area contributed by atoms with Crippen LogP contribution in [0.5, 0.6) is 5.75 Å². The molecule has 4 unspecified atom stereocenters. The number of carbonyl (C=O) groups is 3. The summed E-state index contributed by atoms with van der Waals surface area (Å²) in [6, 6.07) is 3.89. The third-order valence-electron chi connectivity index (χ3n) is 4.97. The second kappa shape index (κ2) is 11.2. The van der Waals surface area contributed by atoms with Crippen LogP contribution in [0.1, 0.15) is 67.7 Å². The van der Waals surface area contributed by atoms with Crippen molar-refractivity contribution in [1.82, 2.24) is 4.90 Å². The van der Waals surface area contributed by atoms with Crippen molar-refractivity contribution in [2.24, 2.45) is 0 Å². The number of imide groups is 1. The number of cyclic esters (lactones) is 1. The molecule has 1 N–H and O–H groups in total. The second-order valence-electron chi connectivity index (χ2n) is 10.5. The molecule has 2 rings (SSSR count). The maximum absolute atomic E-state index is 13.2. The lowest BCUT2D eigenvalue weighted by atomic mass is 10.0. The smallest absolute Gasteiger partial charge is 0.420 e. The highest BCUT2D eigenvalue weighted by Crippen LogP contribution is 2.26. The van der Waals surface area contributed by atoms with Crippen molar-refractivity contribution in [1.29, 1.82) is 0 Å². The van der Waals surface area contributed by atoms with E-state index >= 15 is 0 Å². The molecule has 1 saturated heterocycles. The molecule has 196 valence electrons. The normalized spacial score (nSPS) is 23.7. The fourth-order valence-electron chi connectivity index (χ4n) is 3.47. The summed E-state index contributed by atoms with van der Waals surface area (Å²) in [4.78, 5) is 39.8. The number of benzene rings is 1. The summed E-state index contributed by atoms with van der Waals surface area (Å²) in [6.07, 6.45) is -4.55. The Morgan fingerprint density at radius 1 is 1.00 bits per heavy atom. The minimum absolute atomic E-state index is 0.0182. The Labute approximate surface area is 205 Å². The summed E-state index contributed by atoms with van der Waals surface area (Å²) < 4.78 is 35.3. The lowest BCUT2D eigenvalue weighted by Gasteiger charge is -2.33. The molecule has 1 aromatic rings. The summed E-state index contributed by atoms with van der Waals surface area (Å²) in [7, 11) is 0. The van der Waals surface area contributed by atoms with Crippen LogP contribution < -0.4 is 4.74 Å². The van der Waals surface area contributed by atoms with Crippen molar-refractivity contribution < 1.29 is 42.8 Å². The fraction of sp³-hybridized carbons (Fsp3) is 0.640. The molecule has 0 spiro atoms. The van der Waals surface area contributed by atoms with E-state index in [1.165, 1.54) is 31.2 Å². The van der Waals surface area contributed by atoms with E-state index in [1.807, 2.05) is 0 Å². The first-order valence-electron chi connectivity index (χ1n) is 11.6. The lowest BCUT2D eigenvalue weighted by molar-refractivity contribution is -0.161. The Kier molecular flexibility index (Phi) is 9.11. The Hall–Kier alpha value is -2.88. The Bertz CT molecular complexity index is 862. The summed E-state index contributed by atoms with van der Waals surface area (Å²) in [6.45, 7) is 11.3. The molecule has 0 aromatic heterocycles. The molecule has 0 bridgehead atoms.